The maximum Gasteiger partial charge on any atom is 0.293 e. The lowest BCUT2D eigenvalue weighted by Crippen LogP contribution is -2.27. The molecule has 0 atom stereocenters. The standard InChI is InChI=1S/C21H21NO5S/c1-13-7-5-6-8-15(13)12-22-20(23)18(28-21(22)24)11-14-9-16(25-2)19(27-4)17(10-14)26-3/h5-11H,12H2,1-4H3/b18-11-. The van der Waals surface area contributed by atoms with Crippen molar-refractivity contribution < 1.29 is 23.8 Å². The van der Waals surface area contributed by atoms with Gasteiger partial charge in [-0.1, -0.05) is 24.3 Å². The Morgan fingerprint density at radius 2 is 1.64 bits per heavy atom. The van der Waals surface area contributed by atoms with Crippen LogP contribution in [-0.2, 0) is 11.3 Å². The fourth-order valence-electron chi connectivity index (χ4n) is 2.93. The van der Waals surface area contributed by atoms with E-state index in [4.69, 9.17) is 14.2 Å². The monoisotopic (exact) mass is 399 g/mol. The van der Waals surface area contributed by atoms with Gasteiger partial charge in [0.1, 0.15) is 0 Å². The number of nitrogens with zero attached hydrogens (tertiary/aromatic N) is 1. The SMILES string of the molecule is COc1cc(/C=C2\SC(=O)N(Cc3ccccc3C)C2=O)cc(OC)c1OC. The summed E-state index contributed by atoms with van der Waals surface area (Å²) in [6.07, 6.45) is 1.66. The van der Waals surface area contributed by atoms with Crippen molar-refractivity contribution in [1.29, 1.82) is 0 Å². The number of carbonyl (C=O) groups is 2. The van der Waals surface area contributed by atoms with Gasteiger partial charge >= 0.3 is 0 Å². The van der Waals surface area contributed by atoms with Gasteiger partial charge in [0.2, 0.25) is 5.75 Å². The number of aryl methyl sites for hydroxylation is 1. The first-order chi connectivity index (χ1) is 13.5. The van der Waals surface area contributed by atoms with Crippen molar-refractivity contribution in [2.75, 3.05) is 21.3 Å². The molecule has 0 unspecified atom stereocenters. The molecule has 3 rings (SSSR count). The van der Waals surface area contributed by atoms with Crippen LogP contribution >= 0.6 is 11.8 Å². The van der Waals surface area contributed by atoms with Gasteiger partial charge in [0, 0.05) is 0 Å². The van der Waals surface area contributed by atoms with Gasteiger partial charge in [-0.05, 0) is 53.6 Å². The van der Waals surface area contributed by atoms with Gasteiger partial charge in [0.25, 0.3) is 11.1 Å². The molecular formula is C21H21NO5S. The molecule has 146 valence electrons. The zero-order chi connectivity index (χ0) is 20.3. The number of thioether (sulfide) groups is 1. The first-order valence-corrected chi connectivity index (χ1v) is 9.40. The number of carbonyl (C=O) groups excluding carboxylic acids is 2. The molecule has 1 heterocycles. The number of ether oxygens (including phenoxy) is 3. The first-order valence-electron chi connectivity index (χ1n) is 8.58. The number of amides is 2. The molecule has 6 nitrogen and oxygen atoms in total. The third-order valence-electron chi connectivity index (χ3n) is 4.45. The Kier molecular flexibility index (Phi) is 5.94. The van der Waals surface area contributed by atoms with Crippen LogP contribution in [0.5, 0.6) is 17.2 Å². The maximum absolute atomic E-state index is 12.8. The van der Waals surface area contributed by atoms with E-state index < -0.39 is 0 Å². The summed E-state index contributed by atoms with van der Waals surface area (Å²) in [5.74, 6) is 1.11. The molecule has 0 bridgehead atoms. The van der Waals surface area contributed by atoms with E-state index in [2.05, 4.69) is 0 Å². The van der Waals surface area contributed by atoms with Gasteiger partial charge in [-0.3, -0.25) is 14.5 Å². The molecule has 7 heteroatoms. The van der Waals surface area contributed by atoms with Gasteiger partial charge in [-0.2, -0.15) is 0 Å². The molecule has 28 heavy (non-hydrogen) atoms. The Labute approximate surface area is 168 Å². The summed E-state index contributed by atoms with van der Waals surface area (Å²) in [4.78, 5) is 26.8. The molecule has 0 radical (unpaired) electrons. The second-order valence-electron chi connectivity index (χ2n) is 6.15. The van der Waals surface area contributed by atoms with Crippen molar-refractivity contribution in [1.82, 2.24) is 4.90 Å². The first kappa shape index (κ1) is 19.8. The van der Waals surface area contributed by atoms with Crippen LogP contribution in [-0.4, -0.2) is 37.4 Å². The van der Waals surface area contributed by atoms with E-state index in [1.54, 1.807) is 18.2 Å². The van der Waals surface area contributed by atoms with Gasteiger partial charge in [0.15, 0.2) is 11.5 Å². The van der Waals surface area contributed by atoms with E-state index >= 15 is 0 Å². The van der Waals surface area contributed by atoms with Crippen LogP contribution in [0.4, 0.5) is 4.79 Å². The quantitative estimate of drug-likeness (QED) is 0.677. The molecule has 1 fully saturated rings. The van der Waals surface area contributed by atoms with Crippen molar-refractivity contribution in [2.45, 2.75) is 13.5 Å². The Balaban J connectivity index is 1.90. The van der Waals surface area contributed by atoms with Crippen molar-refractivity contribution in [3.05, 3.63) is 58.0 Å². The van der Waals surface area contributed by atoms with E-state index in [-0.39, 0.29) is 17.7 Å². The lowest BCUT2D eigenvalue weighted by atomic mass is 10.1. The summed E-state index contributed by atoms with van der Waals surface area (Å²) >= 11 is 0.924. The fraction of sp³-hybridized carbons (Fsp3) is 0.238. The van der Waals surface area contributed by atoms with E-state index in [9.17, 15) is 9.59 Å². The second kappa shape index (κ2) is 8.39. The largest absolute Gasteiger partial charge is 0.493 e. The van der Waals surface area contributed by atoms with Crippen LogP contribution in [0.2, 0.25) is 0 Å². The van der Waals surface area contributed by atoms with Gasteiger partial charge < -0.3 is 14.2 Å². The highest BCUT2D eigenvalue weighted by Gasteiger charge is 2.35. The van der Waals surface area contributed by atoms with Gasteiger partial charge in [-0.25, -0.2) is 0 Å². The smallest absolute Gasteiger partial charge is 0.293 e. The van der Waals surface area contributed by atoms with Crippen LogP contribution in [0.25, 0.3) is 6.08 Å². The van der Waals surface area contributed by atoms with Crippen molar-refractivity contribution in [3.63, 3.8) is 0 Å². The summed E-state index contributed by atoms with van der Waals surface area (Å²) < 4.78 is 16.0. The van der Waals surface area contributed by atoms with Crippen LogP contribution in [0.1, 0.15) is 16.7 Å². The van der Waals surface area contributed by atoms with Crippen LogP contribution in [0, 0.1) is 6.92 Å². The van der Waals surface area contributed by atoms with E-state index in [1.165, 1.54) is 26.2 Å². The Hall–Kier alpha value is -2.93. The average molecular weight is 399 g/mol. The fourth-order valence-corrected chi connectivity index (χ4v) is 3.77. The molecule has 1 saturated heterocycles. The van der Waals surface area contributed by atoms with Crippen LogP contribution in [0.3, 0.4) is 0 Å². The summed E-state index contributed by atoms with van der Waals surface area (Å²) in [5.41, 5.74) is 2.66. The molecule has 0 N–H and O–H groups in total. The third kappa shape index (κ3) is 3.84. The number of rotatable bonds is 6. The zero-order valence-electron chi connectivity index (χ0n) is 16.1. The Morgan fingerprint density at radius 1 is 1.00 bits per heavy atom. The number of imide groups is 1. The van der Waals surface area contributed by atoms with E-state index in [0.717, 1.165) is 22.9 Å². The van der Waals surface area contributed by atoms with Crippen molar-refractivity contribution in [3.8, 4) is 17.2 Å². The zero-order valence-corrected chi connectivity index (χ0v) is 17.0. The molecule has 0 saturated carbocycles. The average Bonchev–Trinajstić information content (AvgIpc) is 2.96. The predicted molar refractivity (Wildman–Crippen MR) is 109 cm³/mol. The van der Waals surface area contributed by atoms with Crippen LogP contribution < -0.4 is 14.2 Å². The highest BCUT2D eigenvalue weighted by molar-refractivity contribution is 8.18. The molecule has 0 aromatic heterocycles. The number of hydrogen-bond donors (Lipinski definition) is 0. The van der Waals surface area contributed by atoms with Crippen molar-refractivity contribution >= 4 is 29.0 Å². The Bertz CT molecular complexity index is 929. The van der Waals surface area contributed by atoms with Gasteiger partial charge in [-0.15, -0.1) is 0 Å². The summed E-state index contributed by atoms with van der Waals surface area (Å²) in [5, 5.41) is -0.285. The second-order valence-corrected chi connectivity index (χ2v) is 7.15. The Morgan fingerprint density at radius 3 is 2.21 bits per heavy atom. The summed E-state index contributed by atoms with van der Waals surface area (Å²) in [6, 6.07) is 11.2. The van der Waals surface area contributed by atoms with Crippen molar-refractivity contribution in [2.24, 2.45) is 0 Å². The minimum atomic E-state index is -0.313. The highest BCUT2D eigenvalue weighted by atomic mass is 32.2. The number of hydrogen-bond acceptors (Lipinski definition) is 6. The molecular weight excluding hydrogens is 378 g/mol. The summed E-state index contributed by atoms with van der Waals surface area (Å²) in [6.45, 7) is 2.21. The molecule has 2 amide bonds. The number of benzene rings is 2. The maximum atomic E-state index is 12.8. The molecule has 2 aromatic carbocycles. The molecule has 2 aromatic rings. The topological polar surface area (TPSA) is 65.1 Å². The van der Waals surface area contributed by atoms with E-state index in [0.29, 0.717) is 27.7 Å². The molecule has 0 spiro atoms. The van der Waals surface area contributed by atoms with Gasteiger partial charge in [0.05, 0.1) is 32.8 Å². The minimum absolute atomic E-state index is 0.254. The normalized spacial score (nSPS) is 15.3. The summed E-state index contributed by atoms with van der Waals surface area (Å²) in [7, 11) is 4.57. The predicted octanol–water partition coefficient (Wildman–Crippen LogP) is 4.26. The van der Waals surface area contributed by atoms with E-state index in [1.807, 2.05) is 31.2 Å². The third-order valence-corrected chi connectivity index (χ3v) is 5.36. The molecule has 1 aliphatic rings. The minimum Gasteiger partial charge on any atom is -0.493 e. The lowest BCUT2D eigenvalue weighted by Gasteiger charge is -2.14. The lowest BCUT2D eigenvalue weighted by molar-refractivity contribution is -0.123. The van der Waals surface area contributed by atoms with Crippen LogP contribution in [0.15, 0.2) is 41.3 Å². The molecule has 1 aliphatic heterocycles. The number of methoxy groups -OCH3 is 3. The highest BCUT2D eigenvalue weighted by Crippen LogP contribution is 2.40. The molecule has 0 aliphatic carbocycles.